The first-order chi connectivity index (χ1) is 5.33. The second kappa shape index (κ2) is 2.37. The minimum atomic E-state index is 0.809. The number of aliphatic imine (C=N–C) groups is 1. The molecule has 0 N–H and O–H groups in total. The predicted molar refractivity (Wildman–Crippen MR) is 45.4 cm³/mol. The monoisotopic (exact) mass is 168 g/mol. The Balaban J connectivity index is 2.34. The largest absolute Gasteiger partial charge is 0.322 e. The average Bonchev–Trinajstić information content (AvgIpc) is 2.53. The molecule has 0 aromatic carbocycles. The van der Waals surface area contributed by atoms with E-state index >= 15 is 0 Å². The first-order valence-corrected chi connectivity index (χ1v) is 4.30. The molecule has 2 heterocycles. The Morgan fingerprint density at radius 2 is 2.55 bits per heavy atom. The number of nitrogens with zero attached hydrogens (tertiary/aromatic N) is 2. The highest BCUT2D eigenvalue weighted by Gasteiger charge is 2.28. The summed E-state index contributed by atoms with van der Waals surface area (Å²) in [5.41, 5.74) is 1.06. The molecule has 4 heteroatoms. The molecule has 0 fully saturated rings. The number of carbonyl (C=O) groups excluding carboxylic acids is 1. The number of carbonyl (C=O) groups is 1. The molecule has 0 saturated carbocycles. The summed E-state index contributed by atoms with van der Waals surface area (Å²) in [6, 6.07) is 0. The van der Waals surface area contributed by atoms with Crippen LogP contribution in [0.5, 0.6) is 0 Å². The summed E-state index contributed by atoms with van der Waals surface area (Å²) in [5.74, 6) is 0. The lowest BCUT2D eigenvalue weighted by atomic mass is 10.4. The van der Waals surface area contributed by atoms with Crippen molar-refractivity contribution in [3.05, 3.63) is 10.6 Å². The van der Waals surface area contributed by atoms with Crippen molar-refractivity contribution in [1.82, 2.24) is 4.90 Å². The topological polar surface area (TPSA) is 32.7 Å². The number of hydrogen-bond acceptors (Lipinski definition) is 4. The third kappa shape index (κ3) is 0.894. The van der Waals surface area contributed by atoms with Gasteiger partial charge < -0.3 is 4.90 Å². The summed E-state index contributed by atoms with van der Waals surface area (Å²) in [5, 5.41) is 0.990. The van der Waals surface area contributed by atoms with Crippen molar-refractivity contribution in [3.63, 3.8) is 0 Å². The van der Waals surface area contributed by atoms with E-state index in [1.165, 1.54) is 11.8 Å². The van der Waals surface area contributed by atoms with Crippen molar-refractivity contribution in [2.75, 3.05) is 13.1 Å². The maximum atomic E-state index is 10.5. The third-order valence-corrected chi connectivity index (χ3v) is 3.01. The van der Waals surface area contributed by atoms with Crippen molar-refractivity contribution in [2.24, 2.45) is 4.99 Å². The van der Waals surface area contributed by atoms with Crippen molar-refractivity contribution in [1.29, 1.82) is 0 Å². The van der Waals surface area contributed by atoms with Gasteiger partial charge in [-0.1, -0.05) is 0 Å². The van der Waals surface area contributed by atoms with E-state index in [2.05, 4.69) is 9.89 Å². The summed E-state index contributed by atoms with van der Waals surface area (Å²) < 4.78 is 0. The van der Waals surface area contributed by atoms with Crippen LogP contribution in [-0.4, -0.2) is 29.4 Å². The predicted octanol–water partition coefficient (Wildman–Crippen LogP) is 0.835. The van der Waals surface area contributed by atoms with Crippen LogP contribution in [-0.2, 0) is 4.79 Å². The number of allylic oxidation sites excluding steroid dienone is 2. The molecule has 0 amide bonds. The molecule has 58 valence electrons. The van der Waals surface area contributed by atoms with E-state index in [1.54, 1.807) is 0 Å². The van der Waals surface area contributed by atoms with E-state index < -0.39 is 0 Å². The van der Waals surface area contributed by atoms with Crippen molar-refractivity contribution < 1.29 is 4.79 Å². The van der Waals surface area contributed by atoms with E-state index in [1.807, 2.05) is 6.92 Å². The molecule has 0 radical (unpaired) electrons. The fourth-order valence-electron chi connectivity index (χ4n) is 1.24. The van der Waals surface area contributed by atoms with Crippen LogP contribution in [0, 0.1) is 0 Å². The lowest BCUT2D eigenvalue weighted by Crippen LogP contribution is -2.19. The van der Waals surface area contributed by atoms with Gasteiger partial charge in [0.2, 0.25) is 0 Å². The summed E-state index contributed by atoms with van der Waals surface area (Å²) in [4.78, 5) is 17.6. The van der Waals surface area contributed by atoms with Gasteiger partial charge >= 0.3 is 0 Å². The van der Waals surface area contributed by atoms with E-state index in [0.29, 0.717) is 0 Å². The molecule has 2 aliphatic heterocycles. The molecule has 0 bridgehead atoms. The lowest BCUT2D eigenvalue weighted by molar-refractivity contribution is -0.104. The Hall–Kier alpha value is -0.770. The van der Waals surface area contributed by atoms with Crippen molar-refractivity contribution in [2.45, 2.75) is 6.92 Å². The summed E-state index contributed by atoms with van der Waals surface area (Å²) in [6.45, 7) is 3.77. The van der Waals surface area contributed by atoms with Gasteiger partial charge in [-0.3, -0.25) is 9.79 Å². The van der Waals surface area contributed by atoms with Gasteiger partial charge in [0.1, 0.15) is 0 Å². The minimum absolute atomic E-state index is 0.809. The van der Waals surface area contributed by atoms with E-state index in [0.717, 1.165) is 35.1 Å². The van der Waals surface area contributed by atoms with Gasteiger partial charge in [0.05, 0.1) is 11.4 Å². The van der Waals surface area contributed by atoms with E-state index in [4.69, 9.17) is 0 Å². The fourth-order valence-corrected chi connectivity index (χ4v) is 2.24. The minimum Gasteiger partial charge on any atom is -0.322 e. The van der Waals surface area contributed by atoms with E-state index in [9.17, 15) is 4.79 Å². The highest BCUT2D eigenvalue weighted by Crippen LogP contribution is 2.34. The van der Waals surface area contributed by atoms with Crippen molar-refractivity contribution in [3.8, 4) is 0 Å². The quantitative estimate of drug-likeness (QED) is 0.544. The standard InChI is InChI=1S/C7H8N2OS/c1-5-6(4-10)11-7-8-2-3-9(5)7/h4H,2-3H2,1H3. The molecule has 0 aromatic heterocycles. The first-order valence-electron chi connectivity index (χ1n) is 3.49. The van der Waals surface area contributed by atoms with Gasteiger partial charge in [0.25, 0.3) is 0 Å². The van der Waals surface area contributed by atoms with Gasteiger partial charge in [0.15, 0.2) is 11.5 Å². The molecule has 0 aliphatic carbocycles. The highest BCUT2D eigenvalue weighted by atomic mass is 32.2. The normalized spacial score (nSPS) is 22.3. The Labute approximate surface area is 69.2 Å². The summed E-state index contributed by atoms with van der Waals surface area (Å²) in [6.07, 6.45) is 0.904. The molecule has 11 heavy (non-hydrogen) atoms. The Kier molecular flexibility index (Phi) is 1.49. The van der Waals surface area contributed by atoms with Gasteiger partial charge in [-0.15, -0.1) is 0 Å². The molecular formula is C7H8N2OS. The highest BCUT2D eigenvalue weighted by molar-refractivity contribution is 8.18. The first kappa shape index (κ1) is 6.91. The van der Waals surface area contributed by atoms with Gasteiger partial charge in [0, 0.05) is 12.2 Å². The number of rotatable bonds is 1. The van der Waals surface area contributed by atoms with Crippen LogP contribution in [0.3, 0.4) is 0 Å². The fraction of sp³-hybridized carbons (Fsp3) is 0.429. The number of thioether (sulfide) groups is 1. The zero-order chi connectivity index (χ0) is 7.84. The molecule has 3 nitrogen and oxygen atoms in total. The summed E-state index contributed by atoms with van der Waals surface area (Å²) >= 11 is 1.48. The molecule has 0 atom stereocenters. The zero-order valence-electron chi connectivity index (χ0n) is 6.20. The number of amidine groups is 1. The molecule has 0 spiro atoms. The molecule has 2 rings (SSSR count). The van der Waals surface area contributed by atoms with Crippen LogP contribution in [0.2, 0.25) is 0 Å². The SMILES string of the molecule is CC1=C(C=O)SC2=NCCN21. The second-order valence-electron chi connectivity index (χ2n) is 2.49. The Morgan fingerprint density at radius 1 is 1.73 bits per heavy atom. The van der Waals surface area contributed by atoms with Gasteiger partial charge in [-0.05, 0) is 18.7 Å². The zero-order valence-corrected chi connectivity index (χ0v) is 7.02. The average molecular weight is 168 g/mol. The van der Waals surface area contributed by atoms with Crippen LogP contribution < -0.4 is 0 Å². The van der Waals surface area contributed by atoms with Crippen LogP contribution in [0.4, 0.5) is 0 Å². The second-order valence-corrected chi connectivity index (χ2v) is 3.49. The molecular weight excluding hydrogens is 160 g/mol. The smallest absolute Gasteiger partial charge is 0.168 e. The third-order valence-electron chi connectivity index (χ3n) is 1.87. The number of hydrogen-bond donors (Lipinski definition) is 0. The molecule has 2 aliphatic rings. The number of aldehydes is 1. The molecule has 0 unspecified atom stereocenters. The Morgan fingerprint density at radius 3 is 3.18 bits per heavy atom. The number of fused-ring (bicyclic) bond motifs is 1. The van der Waals surface area contributed by atoms with E-state index in [-0.39, 0.29) is 0 Å². The van der Waals surface area contributed by atoms with Crippen LogP contribution >= 0.6 is 11.8 Å². The van der Waals surface area contributed by atoms with Crippen LogP contribution in [0.15, 0.2) is 15.6 Å². The maximum absolute atomic E-state index is 10.5. The van der Waals surface area contributed by atoms with Crippen LogP contribution in [0.1, 0.15) is 6.92 Å². The summed E-state index contributed by atoms with van der Waals surface area (Å²) in [7, 11) is 0. The van der Waals surface area contributed by atoms with Crippen molar-refractivity contribution >= 4 is 23.2 Å². The van der Waals surface area contributed by atoms with Gasteiger partial charge in [-0.25, -0.2) is 0 Å². The lowest BCUT2D eigenvalue weighted by Gasteiger charge is -2.11. The molecule has 0 aromatic rings. The molecule has 0 saturated heterocycles. The maximum Gasteiger partial charge on any atom is 0.168 e. The van der Waals surface area contributed by atoms with Gasteiger partial charge in [-0.2, -0.15) is 0 Å². The van der Waals surface area contributed by atoms with Crippen LogP contribution in [0.25, 0.3) is 0 Å². The Bertz CT molecular complexity index is 270.